The molecule has 6 N–H and O–H groups in total. The van der Waals surface area contributed by atoms with Crippen molar-refractivity contribution in [1.82, 2.24) is 39.2 Å². The largest absolute Gasteiger partial charge is 0.507 e. The summed E-state index contributed by atoms with van der Waals surface area (Å²) in [4.78, 5) is 25.1. The number of aliphatic hydroxyl groups is 2. The van der Waals surface area contributed by atoms with Crippen LogP contribution in [0.3, 0.4) is 0 Å². The predicted octanol–water partition coefficient (Wildman–Crippen LogP) is -1.12. The van der Waals surface area contributed by atoms with Crippen LogP contribution in [-0.4, -0.2) is 89.1 Å². The Morgan fingerprint density at radius 2 is 1.98 bits per heavy atom. The minimum absolute atomic E-state index is 0.0291. The third kappa shape index (κ3) is 4.82. The summed E-state index contributed by atoms with van der Waals surface area (Å²) >= 11 is 0. The number of aromatic hydroxyl groups is 1. The highest BCUT2D eigenvalue weighted by Gasteiger charge is 2.45. The molecule has 2 fully saturated rings. The molecule has 2 aliphatic rings. The Morgan fingerprint density at radius 1 is 1.20 bits per heavy atom. The Kier molecular flexibility index (Phi) is 6.34. The molecule has 0 bridgehead atoms. The molecular formula is C22H23N9O8S. The number of aromatic nitrogens is 7. The van der Waals surface area contributed by atoms with Crippen LogP contribution in [0, 0.1) is 0 Å². The molecule has 1 amide bonds. The van der Waals surface area contributed by atoms with Crippen LogP contribution in [0.4, 0.5) is 5.82 Å². The number of phenols is 1. The van der Waals surface area contributed by atoms with Gasteiger partial charge < -0.3 is 25.8 Å². The van der Waals surface area contributed by atoms with Crippen LogP contribution in [0.25, 0.3) is 17.1 Å². The normalized spacial score (nSPS) is 23.1. The van der Waals surface area contributed by atoms with E-state index in [1.807, 2.05) is 0 Å². The van der Waals surface area contributed by atoms with Gasteiger partial charge in [-0.15, -0.1) is 5.10 Å². The van der Waals surface area contributed by atoms with Gasteiger partial charge in [-0.2, -0.15) is 23.1 Å². The molecular weight excluding hydrogens is 550 g/mol. The maximum atomic E-state index is 12.3. The van der Waals surface area contributed by atoms with E-state index >= 15 is 0 Å². The van der Waals surface area contributed by atoms with Gasteiger partial charge in [-0.1, -0.05) is 17.3 Å². The summed E-state index contributed by atoms with van der Waals surface area (Å²) in [6.45, 7) is -0.754. The molecule has 1 aliphatic heterocycles. The van der Waals surface area contributed by atoms with Gasteiger partial charge in [0, 0.05) is 5.92 Å². The second-order valence-corrected chi connectivity index (χ2v) is 10.7. The molecule has 0 spiro atoms. The third-order valence-electron chi connectivity index (χ3n) is 6.51. The first kappa shape index (κ1) is 26.0. The number of nitrogen functional groups attached to an aromatic ring is 1. The molecule has 0 radical (unpaired) electrons. The average Bonchev–Trinajstić information content (AvgIpc) is 3.37. The summed E-state index contributed by atoms with van der Waals surface area (Å²) < 4.78 is 39.5. The average molecular weight is 574 g/mol. The van der Waals surface area contributed by atoms with Gasteiger partial charge in [0.1, 0.15) is 29.6 Å². The van der Waals surface area contributed by atoms with Crippen molar-refractivity contribution in [3.05, 3.63) is 48.0 Å². The number of nitrogens with zero attached hydrogens (tertiary/aromatic N) is 7. The van der Waals surface area contributed by atoms with Crippen molar-refractivity contribution in [3.8, 4) is 11.7 Å². The smallest absolute Gasteiger partial charge is 0.362 e. The summed E-state index contributed by atoms with van der Waals surface area (Å²) in [6.07, 6.45) is -0.668. The molecule has 1 saturated carbocycles. The van der Waals surface area contributed by atoms with Crippen molar-refractivity contribution in [3.63, 3.8) is 0 Å². The lowest BCUT2D eigenvalue weighted by Crippen LogP contribution is -2.37. The first-order chi connectivity index (χ1) is 19.1. The molecule has 1 saturated heterocycles. The zero-order valence-corrected chi connectivity index (χ0v) is 21.3. The van der Waals surface area contributed by atoms with Gasteiger partial charge in [-0.05, 0) is 25.0 Å². The number of carbonyl (C=O) groups excluding carboxylic acids is 1. The first-order valence-corrected chi connectivity index (χ1v) is 13.5. The van der Waals surface area contributed by atoms with Gasteiger partial charge in [0.05, 0.1) is 30.4 Å². The Labute approximate surface area is 225 Å². The van der Waals surface area contributed by atoms with Gasteiger partial charge >= 0.3 is 10.3 Å². The summed E-state index contributed by atoms with van der Waals surface area (Å²) in [5.41, 5.74) is 6.96. The number of aliphatic hydroxyl groups excluding tert-OH is 2. The van der Waals surface area contributed by atoms with Crippen molar-refractivity contribution >= 4 is 33.2 Å². The highest BCUT2D eigenvalue weighted by molar-refractivity contribution is 7.85. The van der Waals surface area contributed by atoms with Crippen LogP contribution < -0.4 is 10.5 Å². The third-order valence-corrected chi connectivity index (χ3v) is 7.40. The fourth-order valence-electron chi connectivity index (χ4n) is 4.27. The summed E-state index contributed by atoms with van der Waals surface area (Å²) in [7, 11) is -4.68. The van der Waals surface area contributed by atoms with E-state index in [2.05, 4.69) is 25.3 Å². The van der Waals surface area contributed by atoms with Crippen molar-refractivity contribution in [2.24, 2.45) is 0 Å². The molecule has 1 aliphatic carbocycles. The lowest BCUT2D eigenvalue weighted by molar-refractivity contribution is -0.0468. The van der Waals surface area contributed by atoms with Gasteiger partial charge in [-0.25, -0.2) is 9.71 Å². The number of fused-ring (bicyclic) bond motifs is 1. The van der Waals surface area contributed by atoms with E-state index in [4.69, 9.17) is 14.7 Å². The van der Waals surface area contributed by atoms with E-state index in [1.165, 1.54) is 39.8 Å². The Morgan fingerprint density at radius 3 is 2.73 bits per heavy atom. The molecule has 40 heavy (non-hydrogen) atoms. The van der Waals surface area contributed by atoms with Crippen LogP contribution in [0.2, 0.25) is 0 Å². The van der Waals surface area contributed by atoms with Crippen molar-refractivity contribution in [1.29, 1.82) is 0 Å². The van der Waals surface area contributed by atoms with Gasteiger partial charge in [0.25, 0.3) is 11.9 Å². The van der Waals surface area contributed by atoms with E-state index in [0.717, 1.165) is 18.5 Å². The van der Waals surface area contributed by atoms with Crippen LogP contribution in [0.15, 0.2) is 36.8 Å². The lowest BCUT2D eigenvalue weighted by Gasteiger charge is -2.16. The monoisotopic (exact) mass is 573 g/mol. The number of anilines is 1. The van der Waals surface area contributed by atoms with E-state index < -0.39 is 53.1 Å². The molecule has 6 rings (SSSR count). The van der Waals surface area contributed by atoms with Gasteiger partial charge in [-0.3, -0.25) is 13.5 Å². The summed E-state index contributed by atoms with van der Waals surface area (Å²) in [6, 6.07) is 5.33. The number of amides is 1. The number of phenolic OH excluding ortho intramolecular Hbond substituents is 1. The second kappa shape index (κ2) is 9.75. The highest BCUT2D eigenvalue weighted by atomic mass is 32.2. The maximum Gasteiger partial charge on any atom is 0.362 e. The molecule has 4 atom stereocenters. The molecule has 3 aromatic heterocycles. The number of hydrogen-bond acceptors (Lipinski definition) is 14. The molecule has 4 aromatic rings. The fraction of sp³-hybridized carbons (Fsp3) is 0.364. The van der Waals surface area contributed by atoms with Crippen LogP contribution >= 0.6 is 0 Å². The van der Waals surface area contributed by atoms with Crippen LogP contribution in [0.5, 0.6) is 5.75 Å². The zero-order chi connectivity index (χ0) is 28.2. The number of carbonyl (C=O) groups is 1. The minimum atomic E-state index is -4.68. The van der Waals surface area contributed by atoms with E-state index in [-0.39, 0.29) is 28.5 Å². The fourth-order valence-corrected chi connectivity index (χ4v) is 4.98. The van der Waals surface area contributed by atoms with Crippen LogP contribution in [-0.2, 0) is 19.2 Å². The predicted molar refractivity (Wildman–Crippen MR) is 133 cm³/mol. The number of nitrogens with two attached hydrogens (primary N) is 1. The maximum absolute atomic E-state index is 12.3. The molecule has 17 nitrogen and oxygen atoms in total. The van der Waals surface area contributed by atoms with Crippen molar-refractivity contribution < 1.29 is 37.5 Å². The van der Waals surface area contributed by atoms with E-state index in [9.17, 15) is 28.5 Å². The molecule has 4 heterocycles. The highest BCUT2D eigenvalue weighted by Crippen LogP contribution is 2.39. The quantitative estimate of drug-likeness (QED) is 0.168. The lowest BCUT2D eigenvalue weighted by atomic mass is 10.1. The van der Waals surface area contributed by atoms with Gasteiger partial charge in [0.15, 0.2) is 17.7 Å². The Bertz CT molecular complexity index is 1700. The first-order valence-electron chi connectivity index (χ1n) is 12.0. The Hall–Kier alpha value is -4.23. The van der Waals surface area contributed by atoms with Crippen molar-refractivity contribution in [2.45, 2.75) is 43.3 Å². The number of hydrogen-bond donors (Lipinski definition) is 5. The minimum Gasteiger partial charge on any atom is -0.507 e. The number of rotatable bonds is 8. The summed E-state index contributed by atoms with van der Waals surface area (Å²) in [5, 5.41) is 39.2. The number of benzene rings is 1. The molecule has 210 valence electrons. The molecule has 1 aromatic carbocycles. The van der Waals surface area contributed by atoms with E-state index in [0.29, 0.717) is 5.92 Å². The van der Waals surface area contributed by atoms with E-state index in [1.54, 1.807) is 10.9 Å². The topological polar surface area (TPSA) is 243 Å². The SMILES string of the molecule is Nc1nc(-n2cc(C3CC3)nn2)nc2c1ncn2C1OC(COS(=O)(=O)NC(=O)c2ccccc2O)C(O)C1O. The number of ether oxygens (including phenoxy) is 1. The zero-order valence-electron chi connectivity index (χ0n) is 20.5. The molecule has 4 unspecified atom stereocenters. The van der Waals surface area contributed by atoms with Crippen LogP contribution in [0.1, 0.15) is 41.0 Å². The number of para-hydroxylation sites is 1. The number of imidazole rings is 1. The number of nitrogens with one attached hydrogen (secondary N) is 1. The second-order valence-electron chi connectivity index (χ2n) is 9.33. The Balaban J connectivity index is 1.18. The van der Waals surface area contributed by atoms with Gasteiger partial charge in [0.2, 0.25) is 0 Å². The molecule has 18 heteroatoms. The van der Waals surface area contributed by atoms with Crippen molar-refractivity contribution in [2.75, 3.05) is 12.3 Å². The summed E-state index contributed by atoms with van der Waals surface area (Å²) in [5.74, 6) is -1.07. The standard InChI is InChI=1S/C22H23N9O8S/c23-18-15-19(26-22(25-18)31-7-12(27-29-31)10-5-6-10)30(9-24-15)21-17(34)16(33)14(39-21)8-38-40(36,37)28-20(35)11-3-1-2-4-13(11)32/h1-4,7,9-10,14,16-17,21,32-34H,5-6,8H2,(H,28,35)(H2,23,25,26).